The van der Waals surface area contributed by atoms with Crippen LogP contribution in [0.3, 0.4) is 0 Å². The molecule has 0 atom stereocenters. The van der Waals surface area contributed by atoms with Crippen LogP contribution in [0.15, 0.2) is 36.4 Å². The summed E-state index contributed by atoms with van der Waals surface area (Å²) in [5.74, 6) is 0.502. The maximum atomic E-state index is 12.2. The smallest absolute Gasteiger partial charge is 0.312 e. The molecule has 0 unspecified atom stereocenters. The van der Waals surface area contributed by atoms with E-state index in [0.717, 1.165) is 6.07 Å². The number of ether oxygens (including phenoxy) is 3. The first-order chi connectivity index (χ1) is 11.5. The Morgan fingerprint density at radius 3 is 2.38 bits per heavy atom. The third-order valence-corrected chi connectivity index (χ3v) is 3.42. The van der Waals surface area contributed by atoms with Gasteiger partial charge in [-0.05, 0) is 30.3 Å². The zero-order valence-corrected chi connectivity index (χ0v) is 13.7. The van der Waals surface area contributed by atoms with Gasteiger partial charge in [0.2, 0.25) is 0 Å². The lowest BCUT2D eigenvalue weighted by molar-refractivity contribution is -0.385. The fourth-order valence-electron chi connectivity index (χ4n) is 1.99. The normalized spacial score (nSPS) is 10.1. The van der Waals surface area contributed by atoms with Gasteiger partial charge in [0, 0.05) is 16.7 Å². The Labute approximate surface area is 142 Å². The van der Waals surface area contributed by atoms with E-state index in [1.165, 1.54) is 32.4 Å². The predicted molar refractivity (Wildman–Crippen MR) is 87.5 cm³/mol. The van der Waals surface area contributed by atoms with Crippen molar-refractivity contribution in [2.45, 2.75) is 0 Å². The highest BCUT2D eigenvalue weighted by atomic mass is 35.5. The second-order valence-corrected chi connectivity index (χ2v) is 5.09. The highest BCUT2D eigenvalue weighted by Gasteiger charge is 2.18. The molecule has 8 heteroatoms. The number of carbonyl (C=O) groups is 1. The highest BCUT2D eigenvalue weighted by molar-refractivity contribution is 6.30. The monoisotopic (exact) mass is 351 g/mol. The Hall–Kier alpha value is -2.80. The number of methoxy groups -OCH3 is 2. The van der Waals surface area contributed by atoms with Crippen LogP contribution in [-0.2, 0) is 0 Å². The summed E-state index contributed by atoms with van der Waals surface area (Å²) in [6.07, 6.45) is 0. The molecule has 2 aromatic carbocycles. The minimum atomic E-state index is -0.623. The van der Waals surface area contributed by atoms with E-state index in [0.29, 0.717) is 17.1 Å². The lowest BCUT2D eigenvalue weighted by atomic mass is 10.1. The summed E-state index contributed by atoms with van der Waals surface area (Å²) in [7, 11) is 2.95. The first kappa shape index (κ1) is 17.6. The third-order valence-electron chi connectivity index (χ3n) is 3.18. The third kappa shape index (κ3) is 3.94. The number of halogens is 1. The van der Waals surface area contributed by atoms with Crippen molar-refractivity contribution in [2.24, 2.45) is 0 Å². The number of nitrogens with zero attached hydrogens (tertiary/aromatic N) is 1. The molecule has 0 aromatic heterocycles. The Balaban J connectivity index is 2.15. The van der Waals surface area contributed by atoms with Gasteiger partial charge in [-0.25, -0.2) is 0 Å². The Morgan fingerprint density at radius 2 is 1.75 bits per heavy atom. The zero-order valence-electron chi connectivity index (χ0n) is 12.9. The molecule has 0 saturated carbocycles. The number of nitro benzene ring substituents is 1. The molecule has 0 radical (unpaired) electrons. The maximum Gasteiger partial charge on any atom is 0.312 e. The van der Waals surface area contributed by atoms with E-state index < -0.39 is 4.92 Å². The molecule has 0 fully saturated rings. The summed E-state index contributed by atoms with van der Waals surface area (Å²) in [5, 5.41) is 11.2. The summed E-state index contributed by atoms with van der Waals surface area (Å²) in [6, 6.07) is 8.63. The minimum Gasteiger partial charge on any atom is -0.493 e. The quantitative estimate of drug-likeness (QED) is 0.431. The Kier molecular flexibility index (Phi) is 5.59. The molecule has 7 nitrogen and oxygen atoms in total. The first-order valence-electron chi connectivity index (χ1n) is 6.78. The fourth-order valence-corrected chi connectivity index (χ4v) is 2.16. The zero-order chi connectivity index (χ0) is 17.7. The second kappa shape index (κ2) is 7.65. The van der Waals surface area contributed by atoms with Crippen molar-refractivity contribution in [3.63, 3.8) is 0 Å². The van der Waals surface area contributed by atoms with Crippen molar-refractivity contribution in [3.05, 3.63) is 57.1 Å². The lowest BCUT2D eigenvalue weighted by Gasteiger charge is -2.10. The number of hydrogen-bond acceptors (Lipinski definition) is 6. The second-order valence-electron chi connectivity index (χ2n) is 4.65. The molecule has 0 saturated heterocycles. The van der Waals surface area contributed by atoms with Gasteiger partial charge in [-0.3, -0.25) is 14.9 Å². The van der Waals surface area contributed by atoms with Gasteiger partial charge in [0.25, 0.3) is 0 Å². The molecule has 2 rings (SSSR count). The lowest BCUT2D eigenvalue weighted by Crippen LogP contribution is -2.12. The largest absolute Gasteiger partial charge is 0.493 e. The van der Waals surface area contributed by atoms with E-state index in [4.69, 9.17) is 25.8 Å². The standard InChI is InChI=1S/C16H14ClNO6/c1-22-15-5-3-10(7-16(15)23-2)13(19)9-24-14-6-4-11(17)8-12(14)18(20)21/h3-8H,9H2,1-2H3. The van der Waals surface area contributed by atoms with E-state index in [1.807, 2.05) is 0 Å². The molecule has 24 heavy (non-hydrogen) atoms. The molecule has 0 N–H and O–H groups in total. The molecule has 0 bridgehead atoms. The first-order valence-corrected chi connectivity index (χ1v) is 7.16. The Bertz CT molecular complexity index is 777. The molecular formula is C16H14ClNO6. The van der Waals surface area contributed by atoms with Crippen molar-refractivity contribution >= 4 is 23.1 Å². The topological polar surface area (TPSA) is 87.9 Å². The fraction of sp³-hybridized carbons (Fsp3) is 0.188. The van der Waals surface area contributed by atoms with Crippen LogP contribution >= 0.6 is 11.6 Å². The number of carbonyl (C=O) groups excluding carboxylic acids is 1. The van der Waals surface area contributed by atoms with Gasteiger partial charge in [0.05, 0.1) is 19.1 Å². The maximum absolute atomic E-state index is 12.2. The molecule has 0 amide bonds. The van der Waals surface area contributed by atoms with Gasteiger partial charge >= 0.3 is 5.69 Å². The van der Waals surface area contributed by atoms with E-state index in [2.05, 4.69) is 0 Å². The van der Waals surface area contributed by atoms with Crippen LogP contribution in [0.4, 0.5) is 5.69 Å². The molecule has 126 valence electrons. The molecule has 0 aliphatic rings. The van der Waals surface area contributed by atoms with Gasteiger partial charge in [-0.15, -0.1) is 0 Å². The van der Waals surface area contributed by atoms with Gasteiger partial charge in [0.1, 0.15) is 0 Å². The van der Waals surface area contributed by atoms with Crippen molar-refractivity contribution in [3.8, 4) is 17.2 Å². The summed E-state index contributed by atoms with van der Waals surface area (Å²) < 4.78 is 15.5. The van der Waals surface area contributed by atoms with Crippen molar-refractivity contribution in [2.75, 3.05) is 20.8 Å². The van der Waals surface area contributed by atoms with Gasteiger partial charge < -0.3 is 14.2 Å². The molecule has 2 aromatic rings. The van der Waals surface area contributed by atoms with E-state index in [9.17, 15) is 14.9 Å². The molecule has 0 aliphatic carbocycles. The van der Waals surface area contributed by atoms with Crippen molar-refractivity contribution in [1.82, 2.24) is 0 Å². The highest BCUT2D eigenvalue weighted by Crippen LogP contribution is 2.31. The summed E-state index contributed by atoms with van der Waals surface area (Å²) >= 11 is 5.73. The van der Waals surface area contributed by atoms with Crippen LogP contribution in [0.2, 0.25) is 5.02 Å². The van der Waals surface area contributed by atoms with Crippen molar-refractivity contribution < 1.29 is 23.9 Å². The number of hydrogen-bond donors (Lipinski definition) is 0. The van der Waals surface area contributed by atoms with Gasteiger partial charge in [-0.2, -0.15) is 0 Å². The molecule has 0 heterocycles. The summed E-state index contributed by atoms with van der Waals surface area (Å²) in [4.78, 5) is 22.6. The SMILES string of the molecule is COc1ccc(C(=O)COc2ccc(Cl)cc2[N+](=O)[O-])cc1OC. The minimum absolute atomic E-state index is 0.0294. The van der Waals surface area contributed by atoms with Gasteiger partial charge in [-0.1, -0.05) is 11.6 Å². The van der Waals surface area contributed by atoms with Gasteiger partial charge in [0.15, 0.2) is 29.6 Å². The number of Topliss-reactive ketones (excluding diaryl/α,β-unsaturated/α-hetero) is 1. The van der Waals surface area contributed by atoms with Crippen LogP contribution in [-0.4, -0.2) is 31.5 Å². The number of ketones is 1. The van der Waals surface area contributed by atoms with Crippen LogP contribution in [0.25, 0.3) is 0 Å². The Morgan fingerprint density at radius 1 is 1.08 bits per heavy atom. The van der Waals surface area contributed by atoms with Crippen LogP contribution in [0.5, 0.6) is 17.2 Å². The van der Waals surface area contributed by atoms with E-state index in [-0.39, 0.29) is 28.8 Å². The van der Waals surface area contributed by atoms with Crippen LogP contribution < -0.4 is 14.2 Å². The molecule has 0 aliphatic heterocycles. The van der Waals surface area contributed by atoms with Crippen molar-refractivity contribution in [1.29, 1.82) is 0 Å². The average Bonchev–Trinajstić information content (AvgIpc) is 2.59. The van der Waals surface area contributed by atoms with Crippen LogP contribution in [0, 0.1) is 10.1 Å². The number of nitro groups is 1. The molecule has 0 spiro atoms. The number of rotatable bonds is 7. The van der Waals surface area contributed by atoms with E-state index in [1.54, 1.807) is 12.1 Å². The average molecular weight is 352 g/mol. The number of benzene rings is 2. The molecular weight excluding hydrogens is 338 g/mol. The summed E-state index contributed by atoms with van der Waals surface area (Å²) in [5.41, 5.74) is 0.0341. The summed E-state index contributed by atoms with van der Waals surface area (Å²) in [6.45, 7) is -0.363. The predicted octanol–water partition coefficient (Wildman–Crippen LogP) is 3.53. The van der Waals surface area contributed by atoms with Crippen LogP contribution in [0.1, 0.15) is 10.4 Å². The van der Waals surface area contributed by atoms with E-state index >= 15 is 0 Å².